The maximum Gasteiger partial charge on any atom is 0.170 e. The van der Waals surface area contributed by atoms with Crippen LogP contribution in [0.1, 0.15) is 78.6 Å². The van der Waals surface area contributed by atoms with E-state index < -0.39 is 0 Å². The number of hydrogen-bond donors (Lipinski definition) is 1. The van der Waals surface area contributed by atoms with Crippen LogP contribution < -0.4 is 0 Å². The summed E-state index contributed by atoms with van der Waals surface area (Å²) in [6.07, 6.45) is 48.4. The summed E-state index contributed by atoms with van der Waals surface area (Å²) in [5.74, 6) is 5.01. The van der Waals surface area contributed by atoms with Crippen LogP contribution in [0, 0.1) is 12.3 Å². The van der Waals surface area contributed by atoms with Gasteiger partial charge in [-0.2, -0.15) is 12.6 Å². The van der Waals surface area contributed by atoms with E-state index in [1.165, 1.54) is 56.7 Å². The van der Waals surface area contributed by atoms with E-state index in [-0.39, 0.29) is 0 Å². The highest BCUT2D eigenvalue weighted by Crippen LogP contribution is 2.41. The van der Waals surface area contributed by atoms with Crippen LogP contribution >= 0.6 is 12.6 Å². The van der Waals surface area contributed by atoms with Gasteiger partial charge in [0, 0.05) is 17.7 Å². The lowest BCUT2D eigenvalue weighted by Gasteiger charge is -2.41. The van der Waals surface area contributed by atoms with E-state index in [1.807, 2.05) is 11.5 Å². The molecule has 3 heteroatoms. The molecule has 4 rings (SSSR count). The third-order valence-corrected chi connectivity index (χ3v) is 10.4. The minimum atomic E-state index is 0.389. The van der Waals surface area contributed by atoms with Gasteiger partial charge >= 0.3 is 0 Å². The molecule has 262 valence electrons. The molecule has 0 saturated heterocycles. The Bertz CT molecular complexity index is 1810. The zero-order chi connectivity index (χ0) is 36.6. The van der Waals surface area contributed by atoms with Crippen molar-refractivity contribution in [2.75, 3.05) is 6.44 Å². The van der Waals surface area contributed by atoms with Gasteiger partial charge in [0.05, 0.1) is 6.04 Å². The zero-order valence-corrected chi connectivity index (χ0v) is 32.2. The molecule has 0 fully saturated rings. The van der Waals surface area contributed by atoms with E-state index in [0.717, 1.165) is 75.4 Å². The molecule has 1 atom stereocenters. The molecule has 1 unspecified atom stereocenters. The first-order chi connectivity index (χ1) is 24.8. The molecule has 0 aromatic heterocycles. The lowest BCUT2D eigenvalue weighted by molar-refractivity contribution is 0.300. The van der Waals surface area contributed by atoms with E-state index in [9.17, 15) is 0 Å². The van der Waals surface area contributed by atoms with E-state index in [4.69, 9.17) is 6.42 Å². The van der Waals surface area contributed by atoms with Crippen molar-refractivity contribution in [3.63, 3.8) is 0 Å². The topological polar surface area (TPSA) is 3.24 Å². The second-order valence-corrected chi connectivity index (χ2v) is 14.0. The van der Waals surface area contributed by atoms with Crippen LogP contribution in [0.4, 0.5) is 0 Å². The molecule has 0 spiro atoms. The van der Waals surface area contributed by atoms with E-state index in [0.29, 0.717) is 12.5 Å². The van der Waals surface area contributed by atoms with Crippen LogP contribution in [0.15, 0.2) is 189 Å². The number of rotatable bonds is 15. The summed E-state index contributed by atoms with van der Waals surface area (Å²) in [5, 5.41) is 1.90. The molecule has 0 amide bonds. The van der Waals surface area contributed by atoms with Crippen LogP contribution in [-0.2, 0) is 0 Å². The van der Waals surface area contributed by atoms with Crippen molar-refractivity contribution in [3.8, 4) is 12.3 Å². The second kappa shape index (κ2) is 20.5. The summed E-state index contributed by atoms with van der Waals surface area (Å²) in [6, 6.07) is 0.389. The number of thiol groups is 1. The molecule has 0 N–H and O–H groups in total. The second-order valence-electron chi connectivity index (χ2n) is 13.8. The van der Waals surface area contributed by atoms with Gasteiger partial charge in [-0.3, -0.25) is 0 Å². The van der Waals surface area contributed by atoms with Gasteiger partial charge in [0.25, 0.3) is 0 Å². The van der Waals surface area contributed by atoms with Crippen molar-refractivity contribution in [2.45, 2.75) is 84.6 Å². The first-order valence-electron chi connectivity index (χ1n) is 18.5. The average molecular weight is 690 g/mol. The summed E-state index contributed by atoms with van der Waals surface area (Å²) in [6.45, 7) is 19.4. The fourth-order valence-electron chi connectivity index (χ4n) is 6.99. The van der Waals surface area contributed by atoms with Gasteiger partial charge in [-0.05, 0) is 129 Å². The fourth-order valence-corrected chi connectivity index (χ4v) is 7.26. The molecular weight excluding hydrogens is 633 g/mol. The van der Waals surface area contributed by atoms with Gasteiger partial charge in [-0.1, -0.05) is 122 Å². The Kier molecular flexibility index (Phi) is 15.8. The van der Waals surface area contributed by atoms with Crippen LogP contribution in [0.25, 0.3) is 0 Å². The van der Waals surface area contributed by atoms with Gasteiger partial charge in [-0.25, -0.2) is 0 Å². The average Bonchev–Trinajstić information content (AvgIpc) is 3.45. The monoisotopic (exact) mass is 689 g/mol. The predicted octanol–water partition coefficient (Wildman–Crippen LogP) is 12.3. The molecule has 4 aliphatic rings. The molecule has 3 aliphatic carbocycles. The van der Waals surface area contributed by atoms with Crippen LogP contribution in [-0.4, -0.2) is 24.7 Å². The minimum Gasteiger partial charge on any atom is -0.375 e. The maximum atomic E-state index is 5.42. The number of nitrogens with zero attached hydrogens (tertiary/aromatic N) is 1. The highest BCUT2D eigenvalue weighted by molar-refractivity contribution is 7.83. The van der Waals surface area contributed by atoms with Crippen LogP contribution in [0.3, 0.4) is 0 Å². The van der Waals surface area contributed by atoms with E-state index >= 15 is 0 Å². The third kappa shape index (κ3) is 11.3. The van der Waals surface area contributed by atoms with Crippen molar-refractivity contribution < 1.29 is 0 Å². The zero-order valence-electron chi connectivity index (χ0n) is 31.3. The predicted molar refractivity (Wildman–Crippen MR) is 231 cm³/mol. The quantitative estimate of drug-likeness (QED) is 0.0589. The molecule has 2 bridgehead atoms. The lowest BCUT2D eigenvalue weighted by atomic mass is 9.75. The fraction of sp³-hybridized carbons (Fsp3) is 0.292. The first kappa shape index (κ1) is 39.4. The largest absolute Gasteiger partial charge is 0.375 e. The molecule has 1 nitrogen and oxygen atoms in total. The highest BCUT2D eigenvalue weighted by Gasteiger charge is 2.32. The Morgan fingerprint density at radius 1 is 1.06 bits per heavy atom. The number of terminal acetylenes is 1. The standard InChI is InChI=1S/C48H56BNS/c1-8-10-18-36(3)24-28-41(9-2)38(5)26-29-43(42-19-13-11-14-20-42)30-27-39(6)44(34-51)21-17-32-49-35-50-47-23-16-12-15-22-46(47)45-31-25-37(4)33-48(50)40(45)7/h1,9,11,13,15,17-19,22,25-32,34,48-49,51H,2,4,6,10,12,14,16,20-21,23-24,33,35H2,3,5,7H3/b30-27-,32-17-,36-18+,38-26+,41-28+,43-29-,44-34-. The van der Waals surface area contributed by atoms with Crippen molar-refractivity contribution in [1.29, 1.82) is 0 Å². The van der Waals surface area contributed by atoms with E-state index in [2.05, 4.69) is 155 Å². The number of fused-ring (bicyclic) bond motifs is 2. The van der Waals surface area contributed by atoms with Gasteiger partial charge in [0.2, 0.25) is 0 Å². The van der Waals surface area contributed by atoms with Gasteiger partial charge < -0.3 is 4.90 Å². The molecule has 1 heterocycles. The van der Waals surface area contributed by atoms with Gasteiger partial charge in [-0.15, -0.1) is 18.3 Å². The summed E-state index contributed by atoms with van der Waals surface area (Å²) in [4.78, 5) is 2.68. The van der Waals surface area contributed by atoms with Gasteiger partial charge in [0.1, 0.15) is 0 Å². The Balaban J connectivity index is 1.42. The Labute approximate surface area is 316 Å². The first-order valence-corrected chi connectivity index (χ1v) is 19.0. The van der Waals surface area contributed by atoms with Gasteiger partial charge in [0.15, 0.2) is 7.28 Å². The smallest absolute Gasteiger partial charge is 0.170 e. The molecule has 51 heavy (non-hydrogen) atoms. The summed E-state index contributed by atoms with van der Waals surface area (Å²) in [5.41, 5.74) is 15.2. The van der Waals surface area contributed by atoms with Crippen LogP contribution in [0.2, 0.25) is 0 Å². The highest BCUT2D eigenvalue weighted by atomic mass is 32.1. The van der Waals surface area contributed by atoms with E-state index in [1.54, 1.807) is 0 Å². The molecule has 0 saturated carbocycles. The lowest BCUT2D eigenvalue weighted by Crippen LogP contribution is -2.41. The molecule has 0 aromatic rings. The maximum absolute atomic E-state index is 5.42. The molecule has 1 aliphatic heterocycles. The van der Waals surface area contributed by atoms with Crippen molar-refractivity contribution >= 4 is 19.9 Å². The normalized spacial score (nSPS) is 20.5. The summed E-state index contributed by atoms with van der Waals surface area (Å²) in [7, 11) is 0.990. The molecule has 0 aromatic carbocycles. The molecule has 0 radical (unpaired) electrons. The Morgan fingerprint density at radius 2 is 1.90 bits per heavy atom. The SMILES string of the molecule is C#CC/C=C(\C)C/C=C(C=C)/C(C)=C/C=C(/C=C\C(=C)/C(=C\S)C/C=C\BCN1C2=C(C=CCCC2)C2=C(C)C1CC(=C)C=C2)C1=CC=CCC1. The summed E-state index contributed by atoms with van der Waals surface area (Å²) >= 11 is 4.59. The number of hydrogen-bond acceptors (Lipinski definition) is 2. The van der Waals surface area contributed by atoms with Crippen molar-refractivity contribution in [2.24, 2.45) is 0 Å². The minimum absolute atomic E-state index is 0.389. The Morgan fingerprint density at radius 3 is 2.65 bits per heavy atom. The number of allylic oxidation sites excluding steroid dienone is 25. The van der Waals surface area contributed by atoms with Crippen LogP contribution in [0.5, 0.6) is 0 Å². The third-order valence-electron chi connectivity index (χ3n) is 10.1. The molecular formula is C48H56BNS. The van der Waals surface area contributed by atoms with Crippen molar-refractivity contribution in [1.82, 2.24) is 4.90 Å². The van der Waals surface area contributed by atoms with Crippen molar-refractivity contribution in [3.05, 3.63) is 189 Å². The Hall–Kier alpha value is -4.39. The summed E-state index contributed by atoms with van der Waals surface area (Å²) < 4.78 is 0.